The van der Waals surface area contributed by atoms with Crippen LogP contribution in [-0.4, -0.2) is 5.91 Å². The Kier molecular flexibility index (Phi) is 4.51. The number of rotatable bonds is 3. The summed E-state index contributed by atoms with van der Waals surface area (Å²) in [6.07, 6.45) is 3.99. The molecule has 3 heteroatoms. The van der Waals surface area contributed by atoms with Gasteiger partial charge in [-0.05, 0) is 95.2 Å². The second kappa shape index (κ2) is 7.73. The molecule has 1 aliphatic heterocycles. The monoisotopic (exact) mass is 444 g/mol. The second-order valence-electron chi connectivity index (χ2n) is 10.3. The predicted octanol–water partition coefficient (Wildman–Crippen LogP) is 7.39. The number of hydrogen-bond donors (Lipinski definition) is 2. The number of fused-ring (bicyclic) bond motifs is 8. The number of carbonyl (C=O) groups is 1. The van der Waals surface area contributed by atoms with E-state index in [1.807, 2.05) is 30.3 Å². The summed E-state index contributed by atoms with van der Waals surface area (Å²) in [5.74, 6) is 2.61. The summed E-state index contributed by atoms with van der Waals surface area (Å²) in [6.45, 7) is 0. The van der Waals surface area contributed by atoms with Crippen molar-refractivity contribution < 1.29 is 4.79 Å². The lowest BCUT2D eigenvalue weighted by atomic mass is 9.68. The SMILES string of the molecule is O=C(Nc1ccc2ccccc2c1)c1ccc2c(c1)[C@@H]1[C@H]3CC[C@@H](C3)[C@@H]1[C@@H](c1ccccc1)N2. The number of nitrogens with one attached hydrogen (secondary N) is 2. The van der Waals surface area contributed by atoms with Crippen LogP contribution >= 0.6 is 0 Å². The Labute approximate surface area is 200 Å². The topological polar surface area (TPSA) is 41.1 Å². The van der Waals surface area contributed by atoms with Crippen molar-refractivity contribution >= 4 is 28.1 Å². The van der Waals surface area contributed by atoms with E-state index in [1.165, 1.54) is 41.5 Å². The maximum atomic E-state index is 13.2. The lowest BCUT2D eigenvalue weighted by Gasteiger charge is -2.43. The Morgan fingerprint density at radius 2 is 1.59 bits per heavy atom. The van der Waals surface area contributed by atoms with Crippen LogP contribution in [0.3, 0.4) is 0 Å². The average molecular weight is 445 g/mol. The minimum Gasteiger partial charge on any atom is -0.378 e. The van der Waals surface area contributed by atoms with Crippen molar-refractivity contribution in [3.05, 3.63) is 108 Å². The molecule has 7 rings (SSSR count). The molecule has 0 aromatic heterocycles. The van der Waals surface area contributed by atoms with Gasteiger partial charge in [-0.25, -0.2) is 0 Å². The molecule has 0 unspecified atom stereocenters. The van der Waals surface area contributed by atoms with Crippen molar-refractivity contribution in [1.29, 1.82) is 0 Å². The zero-order valence-corrected chi connectivity index (χ0v) is 19.1. The normalized spacial score (nSPS) is 26.5. The zero-order chi connectivity index (χ0) is 22.6. The lowest BCUT2D eigenvalue weighted by Crippen LogP contribution is -2.35. The van der Waals surface area contributed by atoms with Gasteiger partial charge in [0.2, 0.25) is 0 Å². The van der Waals surface area contributed by atoms with Gasteiger partial charge in [-0.1, -0.05) is 60.7 Å². The van der Waals surface area contributed by atoms with Crippen molar-refractivity contribution in [2.75, 3.05) is 10.6 Å². The molecule has 0 saturated heterocycles. The fraction of sp³-hybridized carbons (Fsp3) is 0.258. The molecule has 168 valence electrons. The van der Waals surface area contributed by atoms with E-state index in [0.717, 1.165) is 28.5 Å². The summed E-state index contributed by atoms with van der Waals surface area (Å²) < 4.78 is 0. The molecular weight excluding hydrogens is 416 g/mol. The molecule has 2 fully saturated rings. The van der Waals surface area contributed by atoms with Gasteiger partial charge >= 0.3 is 0 Å². The third-order valence-corrected chi connectivity index (χ3v) is 8.52. The van der Waals surface area contributed by atoms with Gasteiger partial charge in [0, 0.05) is 16.9 Å². The largest absolute Gasteiger partial charge is 0.378 e. The van der Waals surface area contributed by atoms with E-state index in [-0.39, 0.29) is 5.91 Å². The first-order valence-electron chi connectivity index (χ1n) is 12.5. The molecule has 1 amide bonds. The van der Waals surface area contributed by atoms with Crippen LogP contribution in [0.25, 0.3) is 10.8 Å². The molecule has 5 atom stereocenters. The number of benzene rings is 4. The van der Waals surface area contributed by atoms with Crippen molar-refractivity contribution in [2.24, 2.45) is 17.8 Å². The number of amides is 1. The van der Waals surface area contributed by atoms with Crippen LogP contribution in [0.4, 0.5) is 11.4 Å². The van der Waals surface area contributed by atoms with Crippen LogP contribution in [0.15, 0.2) is 91.0 Å². The minimum absolute atomic E-state index is 0.0389. The number of anilines is 2. The van der Waals surface area contributed by atoms with Gasteiger partial charge in [-0.3, -0.25) is 4.79 Å². The lowest BCUT2D eigenvalue weighted by molar-refractivity contribution is 0.102. The standard InChI is InChI=1S/C31H28N2O/c34-31(32-25-14-12-19-6-4-5-9-21(19)17-25)24-13-15-27-26(18-24)28-22-10-11-23(16-22)29(28)30(33-27)20-7-2-1-3-8-20/h1-9,12-15,17-18,22-23,28-30,33H,10-11,16H2,(H,32,34)/t22-,23-,28-,29-,30+/m0/s1. The Balaban J connectivity index is 1.22. The van der Waals surface area contributed by atoms with Crippen LogP contribution in [0.2, 0.25) is 0 Å². The Bertz CT molecular complexity index is 1400. The summed E-state index contributed by atoms with van der Waals surface area (Å²) in [4.78, 5) is 13.2. The third-order valence-electron chi connectivity index (χ3n) is 8.52. The molecule has 4 aromatic rings. The smallest absolute Gasteiger partial charge is 0.255 e. The molecule has 2 N–H and O–H groups in total. The maximum absolute atomic E-state index is 13.2. The highest BCUT2D eigenvalue weighted by Crippen LogP contribution is 2.63. The van der Waals surface area contributed by atoms with Crippen molar-refractivity contribution in [3.63, 3.8) is 0 Å². The third kappa shape index (κ3) is 3.14. The van der Waals surface area contributed by atoms with Crippen molar-refractivity contribution in [1.82, 2.24) is 0 Å². The van der Waals surface area contributed by atoms with Gasteiger partial charge in [0.1, 0.15) is 0 Å². The van der Waals surface area contributed by atoms with Crippen LogP contribution in [0.1, 0.15) is 52.7 Å². The van der Waals surface area contributed by atoms with E-state index < -0.39 is 0 Å². The molecular formula is C31H28N2O. The maximum Gasteiger partial charge on any atom is 0.255 e. The molecule has 2 saturated carbocycles. The molecule has 4 aromatic carbocycles. The second-order valence-corrected chi connectivity index (χ2v) is 10.3. The first-order chi connectivity index (χ1) is 16.7. The van der Waals surface area contributed by atoms with Crippen LogP contribution in [0.5, 0.6) is 0 Å². The molecule has 3 aliphatic rings. The van der Waals surface area contributed by atoms with Crippen LogP contribution < -0.4 is 10.6 Å². The Hall–Kier alpha value is -3.59. The Morgan fingerprint density at radius 1 is 0.794 bits per heavy atom. The van der Waals surface area contributed by atoms with Gasteiger partial charge < -0.3 is 10.6 Å². The van der Waals surface area contributed by atoms with Crippen LogP contribution in [0, 0.1) is 17.8 Å². The van der Waals surface area contributed by atoms with Gasteiger partial charge in [-0.15, -0.1) is 0 Å². The predicted molar refractivity (Wildman–Crippen MR) is 138 cm³/mol. The van der Waals surface area contributed by atoms with E-state index in [2.05, 4.69) is 71.3 Å². The van der Waals surface area contributed by atoms with Gasteiger partial charge in [0.15, 0.2) is 0 Å². The van der Waals surface area contributed by atoms with E-state index in [0.29, 0.717) is 17.9 Å². The summed E-state index contributed by atoms with van der Waals surface area (Å²) in [6, 6.07) is 31.8. The summed E-state index contributed by atoms with van der Waals surface area (Å²) in [5.41, 5.74) is 5.50. The van der Waals surface area contributed by atoms with E-state index >= 15 is 0 Å². The highest BCUT2D eigenvalue weighted by atomic mass is 16.1. The van der Waals surface area contributed by atoms with Crippen molar-refractivity contribution in [2.45, 2.75) is 31.2 Å². The molecule has 2 bridgehead atoms. The molecule has 3 nitrogen and oxygen atoms in total. The average Bonchev–Trinajstić information content (AvgIpc) is 3.51. The summed E-state index contributed by atoms with van der Waals surface area (Å²) in [5, 5.41) is 9.31. The summed E-state index contributed by atoms with van der Waals surface area (Å²) in [7, 11) is 0. The minimum atomic E-state index is -0.0389. The number of carbonyl (C=O) groups excluding carboxylic acids is 1. The molecule has 2 aliphatic carbocycles. The van der Waals surface area contributed by atoms with E-state index in [9.17, 15) is 4.79 Å². The highest BCUT2D eigenvalue weighted by molar-refractivity contribution is 6.05. The van der Waals surface area contributed by atoms with Gasteiger partial charge in [0.25, 0.3) is 5.91 Å². The highest BCUT2D eigenvalue weighted by Gasteiger charge is 2.53. The number of hydrogen-bond acceptors (Lipinski definition) is 2. The molecule has 0 radical (unpaired) electrons. The molecule has 0 spiro atoms. The Morgan fingerprint density at radius 3 is 2.47 bits per heavy atom. The first kappa shape index (κ1) is 19.8. The van der Waals surface area contributed by atoms with Gasteiger partial charge in [-0.2, -0.15) is 0 Å². The van der Waals surface area contributed by atoms with Crippen LogP contribution in [-0.2, 0) is 0 Å². The molecule has 34 heavy (non-hydrogen) atoms. The fourth-order valence-electron chi connectivity index (χ4n) is 7.09. The quantitative estimate of drug-likeness (QED) is 0.346. The molecule has 1 heterocycles. The zero-order valence-electron chi connectivity index (χ0n) is 19.1. The van der Waals surface area contributed by atoms with E-state index in [4.69, 9.17) is 0 Å². The van der Waals surface area contributed by atoms with Crippen molar-refractivity contribution in [3.8, 4) is 0 Å². The first-order valence-corrected chi connectivity index (χ1v) is 12.5. The fourth-order valence-corrected chi connectivity index (χ4v) is 7.09. The summed E-state index contributed by atoms with van der Waals surface area (Å²) >= 11 is 0. The van der Waals surface area contributed by atoms with Gasteiger partial charge in [0.05, 0.1) is 6.04 Å². The van der Waals surface area contributed by atoms with E-state index in [1.54, 1.807) is 0 Å².